The van der Waals surface area contributed by atoms with Crippen LogP contribution < -0.4 is 4.72 Å². The molecule has 0 heterocycles. The van der Waals surface area contributed by atoms with Gasteiger partial charge in [0.1, 0.15) is 6.23 Å². The van der Waals surface area contributed by atoms with E-state index in [0.717, 1.165) is 25.7 Å². The smallest absolute Gasteiger partial charge is 0.216 e. The largest absolute Gasteiger partial charge is 0.378 e. The Bertz CT molecular complexity index is 545. The zero-order valence-corrected chi connectivity index (χ0v) is 16.6. The Balaban J connectivity index is 2.23. The molecular weight excluding hydrogens is 334 g/mol. The van der Waals surface area contributed by atoms with Gasteiger partial charge in [-0.1, -0.05) is 75.8 Å². The lowest BCUT2D eigenvalue weighted by Gasteiger charge is -2.18. The van der Waals surface area contributed by atoms with Crippen LogP contribution in [0, 0.1) is 0 Å². The fraction of sp³-hybridized carbons (Fsp3) is 0.700. The van der Waals surface area contributed by atoms with E-state index >= 15 is 0 Å². The van der Waals surface area contributed by atoms with Gasteiger partial charge in [0.05, 0.1) is 5.25 Å². The molecule has 0 bridgehead atoms. The van der Waals surface area contributed by atoms with Crippen LogP contribution in [0.2, 0.25) is 0 Å². The first kappa shape index (κ1) is 22.1. The molecule has 0 aromatic heterocycles. The topological polar surface area (TPSA) is 66.4 Å². The number of benzene rings is 1. The second-order valence-corrected chi connectivity index (χ2v) is 9.05. The van der Waals surface area contributed by atoms with Crippen LogP contribution >= 0.6 is 0 Å². The summed E-state index contributed by atoms with van der Waals surface area (Å²) in [5, 5.41) is 9.53. The van der Waals surface area contributed by atoms with Gasteiger partial charge in [-0.15, -0.1) is 0 Å². The van der Waals surface area contributed by atoms with Crippen molar-refractivity contribution in [1.82, 2.24) is 4.72 Å². The second-order valence-electron chi connectivity index (χ2n) is 6.92. The average Bonchev–Trinajstić information content (AvgIpc) is 2.58. The normalized spacial score (nSPS) is 14.4. The number of unbranched alkanes of at least 4 members (excludes halogenated alkanes) is 5. The van der Waals surface area contributed by atoms with Crippen LogP contribution in [0.5, 0.6) is 0 Å². The van der Waals surface area contributed by atoms with Crippen molar-refractivity contribution >= 4 is 10.0 Å². The Hall–Kier alpha value is -0.910. The molecule has 0 saturated carbocycles. The molecule has 0 aliphatic carbocycles. The monoisotopic (exact) mass is 369 g/mol. The summed E-state index contributed by atoms with van der Waals surface area (Å²) in [6, 6.07) is 10.0. The SMILES string of the molecule is CCCCCCCCC(C)S(=O)(=O)NC(O)CCCc1ccccc1. The molecule has 1 aromatic carbocycles. The van der Waals surface area contributed by atoms with Crippen molar-refractivity contribution in [2.75, 3.05) is 0 Å². The molecule has 0 aliphatic heterocycles. The molecule has 4 nitrogen and oxygen atoms in total. The minimum atomic E-state index is -3.45. The summed E-state index contributed by atoms with van der Waals surface area (Å²) in [6.07, 6.45) is 8.56. The molecule has 25 heavy (non-hydrogen) atoms. The van der Waals surface area contributed by atoms with E-state index in [2.05, 4.69) is 11.6 Å². The molecule has 2 unspecified atom stereocenters. The third kappa shape index (κ3) is 9.97. The van der Waals surface area contributed by atoms with E-state index in [0.29, 0.717) is 12.8 Å². The minimum Gasteiger partial charge on any atom is -0.378 e. The molecule has 0 amide bonds. The standard InChI is InChI=1S/C20H35NO3S/c1-3-4-5-6-7-9-13-18(2)25(23,24)21-20(22)17-12-16-19-14-10-8-11-15-19/h8,10-11,14-15,18,20-22H,3-7,9,12-13,16-17H2,1-2H3. The van der Waals surface area contributed by atoms with Crippen molar-refractivity contribution in [1.29, 1.82) is 0 Å². The van der Waals surface area contributed by atoms with Gasteiger partial charge >= 0.3 is 0 Å². The van der Waals surface area contributed by atoms with Gasteiger partial charge in [-0.2, -0.15) is 4.72 Å². The molecule has 1 aromatic rings. The predicted molar refractivity (Wildman–Crippen MR) is 105 cm³/mol. The maximum absolute atomic E-state index is 12.3. The van der Waals surface area contributed by atoms with Gasteiger partial charge in [0, 0.05) is 0 Å². The summed E-state index contributed by atoms with van der Waals surface area (Å²) in [6.45, 7) is 3.91. The summed E-state index contributed by atoms with van der Waals surface area (Å²) >= 11 is 0. The van der Waals surface area contributed by atoms with Crippen molar-refractivity contribution in [3.05, 3.63) is 35.9 Å². The van der Waals surface area contributed by atoms with Crippen LogP contribution in [0.3, 0.4) is 0 Å². The summed E-state index contributed by atoms with van der Waals surface area (Å²) < 4.78 is 27.0. The molecule has 5 heteroatoms. The maximum Gasteiger partial charge on any atom is 0.216 e. The quantitative estimate of drug-likeness (QED) is 0.378. The Morgan fingerprint density at radius 1 is 0.960 bits per heavy atom. The van der Waals surface area contributed by atoms with Gasteiger partial charge in [0.15, 0.2) is 0 Å². The summed E-state index contributed by atoms with van der Waals surface area (Å²) in [5.41, 5.74) is 1.20. The van der Waals surface area contributed by atoms with Gasteiger partial charge in [-0.25, -0.2) is 8.42 Å². The first-order valence-electron chi connectivity index (χ1n) is 9.69. The first-order chi connectivity index (χ1) is 12.0. The molecule has 0 aliphatic rings. The Morgan fingerprint density at radius 3 is 2.28 bits per heavy atom. The van der Waals surface area contributed by atoms with Gasteiger partial charge in [0.25, 0.3) is 0 Å². The molecule has 144 valence electrons. The van der Waals surface area contributed by atoms with E-state index in [1.807, 2.05) is 30.3 Å². The molecule has 0 fully saturated rings. The molecule has 2 atom stereocenters. The number of sulfonamides is 1. The van der Waals surface area contributed by atoms with Crippen molar-refractivity contribution < 1.29 is 13.5 Å². The van der Waals surface area contributed by atoms with Crippen LogP contribution in [-0.2, 0) is 16.4 Å². The Morgan fingerprint density at radius 2 is 1.60 bits per heavy atom. The van der Waals surface area contributed by atoms with Crippen LogP contribution in [0.1, 0.15) is 77.2 Å². The molecule has 2 N–H and O–H groups in total. The molecule has 0 spiro atoms. The van der Waals surface area contributed by atoms with Crippen LogP contribution in [0.25, 0.3) is 0 Å². The minimum absolute atomic E-state index is 0.428. The third-order valence-corrected chi connectivity index (χ3v) is 6.48. The van der Waals surface area contributed by atoms with Crippen LogP contribution in [0.4, 0.5) is 0 Å². The van der Waals surface area contributed by atoms with Gasteiger partial charge < -0.3 is 5.11 Å². The highest BCUT2D eigenvalue weighted by Crippen LogP contribution is 2.13. The molecular formula is C20H35NO3S. The Labute approximate surface area is 154 Å². The van der Waals surface area contributed by atoms with Crippen molar-refractivity contribution in [2.45, 2.75) is 89.5 Å². The van der Waals surface area contributed by atoms with E-state index in [1.54, 1.807) is 6.92 Å². The maximum atomic E-state index is 12.3. The van der Waals surface area contributed by atoms with E-state index in [1.165, 1.54) is 31.2 Å². The fourth-order valence-electron chi connectivity index (χ4n) is 2.88. The van der Waals surface area contributed by atoms with E-state index in [9.17, 15) is 13.5 Å². The van der Waals surface area contributed by atoms with Gasteiger partial charge in [0.2, 0.25) is 10.0 Å². The summed E-state index contributed by atoms with van der Waals surface area (Å²) in [5.74, 6) is 0. The summed E-state index contributed by atoms with van der Waals surface area (Å²) in [4.78, 5) is 0. The van der Waals surface area contributed by atoms with E-state index in [-0.39, 0.29) is 0 Å². The number of aryl methyl sites for hydroxylation is 1. The number of hydrogen-bond donors (Lipinski definition) is 2. The van der Waals surface area contributed by atoms with E-state index < -0.39 is 21.5 Å². The zero-order chi connectivity index (χ0) is 18.5. The first-order valence-corrected chi connectivity index (χ1v) is 11.2. The molecule has 0 saturated heterocycles. The van der Waals surface area contributed by atoms with Crippen LogP contribution in [0.15, 0.2) is 30.3 Å². The molecule has 0 radical (unpaired) electrons. The Kier molecular flexibility index (Phi) is 11.0. The third-order valence-electron chi connectivity index (χ3n) is 4.58. The lowest BCUT2D eigenvalue weighted by atomic mass is 10.1. The van der Waals surface area contributed by atoms with Crippen molar-refractivity contribution in [2.24, 2.45) is 0 Å². The zero-order valence-electron chi connectivity index (χ0n) is 15.8. The van der Waals surface area contributed by atoms with Crippen molar-refractivity contribution in [3.63, 3.8) is 0 Å². The number of aliphatic hydroxyl groups excluding tert-OH is 1. The molecule has 1 rings (SSSR count). The van der Waals surface area contributed by atoms with Gasteiger partial charge in [-0.05, 0) is 38.2 Å². The lowest BCUT2D eigenvalue weighted by Crippen LogP contribution is -2.40. The van der Waals surface area contributed by atoms with E-state index in [4.69, 9.17) is 0 Å². The predicted octanol–water partition coefficient (Wildman–Crippen LogP) is 4.39. The van der Waals surface area contributed by atoms with Crippen molar-refractivity contribution in [3.8, 4) is 0 Å². The lowest BCUT2D eigenvalue weighted by molar-refractivity contribution is 0.150. The number of aliphatic hydroxyl groups is 1. The number of rotatable bonds is 14. The highest BCUT2D eigenvalue weighted by Gasteiger charge is 2.22. The number of nitrogens with one attached hydrogen (secondary N) is 1. The fourth-order valence-corrected chi connectivity index (χ4v) is 4.08. The van der Waals surface area contributed by atoms with Gasteiger partial charge in [-0.3, -0.25) is 0 Å². The van der Waals surface area contributed by atoms with Crippen LogP contribution in [-0.4, -0.2) is 25.0 Å². The highest BCUT2D eigenvalue weighted by molar-refractivity contribution is 7.90. The second kappa shape index (κ2) is 12.4. The number of hydrogen-bond acceptors (Lipinski definition) is 3. The highest BCUT2D eigenvalue weighted by atomic mass is 32.2. The average molecular weight is 370 g/mol. The summed E-state index contributed by atoms with van der Waals surface area (Å²) in [7, 11) is -3.45.